The Kier molecular flexibility index (Phi) is 5.93. The fourth-order valence-corrected chi connectivity index (χ4v) is 5.29. The van der Waals surface area contributed by atoms with Crippen LogP contribution >= 0.6 is 0 Å². The number of halogens is 1. The van der Waals surface area contributed by atoms with Crippen LogP contribution in [0.4, 0.5) is 4.39 Å². The maximum atomic E-state index is 15.1. The zero-order valence-electron chi connectivity index (χ0n) is 20.6. The Morgan fingerprint density at radius 3 is 2.75 bits per heavy atom. The lowest BCUT2D eigenvalue weighted by Crippen LogP contribution is -2.44. The summed E-state index contributed by atoms with van der Waals surface area (Å²) in [4.78, 5) is 10.1. The van der Waals surface area contributed by atoms with Crippen LogP contribution in [0, 0.1) is 18.2 Å². The molecule has 1 spiro atoms. The number of likely N-dealkylation sites (tertiary alicyclic amines) is 1. The Labute approximate surface area is 209 Å². The van der Waals surface area contributed by atoms with Crippen molar-refractivity contribution in [2.75, 3.05) is 46.6 Å². The molecule has 0 bridgehead atoms. The highest BCUT2D eigenvalue weighted by Gasteiger charge is 2.43. The van der Waals surface area contributed by atoms with Crippen molar-refractivity contribution in [1.82, 2.24) is 14.9 Å². The van der Waals surface area contributed by atoms with Crippen molar-refractivity contribution in [3.8, 4) is 23.0 Å². The molecule has 0 radical (unpaired) electrons. The number of hydrogen-bond donors (Lipinski definition) is 1. The van der Waals surface area contributed by atoms with Crippen molar-refractivity contribution in [3.05, 3.63) is 54.1 Å². The summed E-state index contributed by atoms with van der Waals surface area (Å²) in [5.74, 6) is 1.48. The Hall–Kier alpha value is -3.36. The van der Waals surface area contributed by atoms with Gasteiger partial charge in [-0.3, -0.25) is 4.98 Å². The molecule has 4 heterocycles. The highest BCUT2D eigenvalue weighted by molar-refractivity contribution is 5.89. The zero-order valence-corrected chi connectivity index (χ0v) is 20.6. The third kappa shape index (κ3) is 4.24. The molecule has 188 valence electrons. The number of hydrogen-bond acceptors (Lipinski definition) is 6. The smallest absolute Gasteiger partial charge is 0.175 e. The van der Waals surface area contributed by atoms with E-state index in [1.54, 1.807) is 31.5 Å². The number of benzene rings is 2. The first-order chi connectivity index (χ1) is 17.5. The second-order valence-electron chi connectivity index (χ2n) is 9.94. The van der Waals surface area contributed by atoms with E-state index >= 15 is 4.39 Å². The van der Waals surface area contributed by atoms with Gasteiger partial charge in [-0.1, -0.05) is 0 Å². The summed E-state index contributed by atoms with van der Waals surface area (Å²) < 4.78 is 38.3. The minimum absolute atomic E-state index is 0.158. The number of pyridine rings is 1. The average molecular weight is 492 g/mol. The minimum atomic E-state index is -0.400. The number of nitrogens with zero attached hydrogens (tertiary/aromatic N) is 2. The molecule has 6 rings (SSSR count). The highest BCUT2D eigenvalue weighted by atomic mass is 19.1. The number of fused-ring (bicyclic) bond motifs is 2. The largest absolute Gasteiger partial charge is 0.493 e. The number of aromatic nitrogens is 2. The Morgan fingerprint density at radius 1 is 1.08 bits per heavy atom. The summed E-state index contributed by atoms with van der Waals surface area (Å²) in [7, 11) is 1.61. The third-order valence-electron chi connectivity index (χ3n) is 7.25. The van der Waals surface area contributed by atoms with Crippen LogP contribution in [0.15, 0.2) is 42.6 Å². The SMILES string of the molecule is COc1cc2c(Oc3ccc4[nH]c(C)cc4c3F)ccnc2cc1OCCCN1CCC2(COC2)C1. The standard InChI is InChI=1S/C28H30FN3O4/c1-18-12-20-21(31-18)4-5-24(27(20)29)36-23-6-8-30-22-14-26(25(33-2)13-19(22)23)35-11-3-9-32-10-7-28(15-32)16-34-17-28/h4-6,8,12-14,31H,3,7,9-11,15-17H2,1-2H3. The molecule has 2 aromatic carbocycles. The zero-order chi connectivity index (χ0) is 24.7. The molecule has 2 saturated heterocycles. The maximum absolute atomic E-state index is 15.1. The molecule has 7 nitrogen and oxygen atoms in total. The molecule has 2 aliphatic rings. The minimum Gasteiger partial charge on any atom is -0.493 e. The van der Waals surface area contributed by atoms with Crippen molar-refractivity contribution >= 4 is 21.8 Å². The maximum Gasteiger partial charge on any atom is 0.175 e. The van der Waals surface area contributed by atoms with Crippen molar-refractivity contribution in [2.45, 2.75) is 19.8 Å². The fourth-order valence-electron chi connectivity index (χ4n) is 5.29. The lowest BCUT2D eigenvalue weighted by atomic mass is 9.85. The van der Waals surface area contributed by atoms with Crippen molar-refractivity contribution in [2.24, 2.45) is 5.41 Å². The van der Waals surface area contributed by atoms with Crippen LogP contribution < -0.4 is 14.2 Å². The van der Waals surface area contributed by atoms with E-state index in [2.05, 4.69) is 14.9 Å². The molecule has 1 N–H and O–H groups in total. The first-order valence-corrected chi connectivity index (χ1v) is 12.4. The molecule has 4 aromatic rings. The molecule has 0 unspecified atom stereocenters. The number of aromatic amines is 1. The van der Waals surface area contributed by atoms with Gasteiger partial charge in [-0.2, -0.15) is 0 Å². The lowest BCUT2D eigenvalue weighted by Gasteiger charge is -2.37. The first kappa shape index (κ1) is 23.1. The lowest BCUT2D eigenvalue weighted by molar-refractivity contribution is -0.105. The van der Waals surface area contributed by atoms with E-state index in [0.717, 1.165) is 55.9 Å². The van der Waals surface area contributed by atoms with Gasteiger partial charge in [0.1, 0.15) is 5.75 Å². The van der Waals surface area contributed by atoms with Crippen LogP contribution in [0.5, 0.6) is 23.0 Å². The second kappa shape index (κ2) is 9.26. The third-order valence-corrected chi connectivity index (χ3v) is 7.25. The van der Waals surface area contributed by atoms with Gasteiger partial charge in [0, 0.05) is 52.8 Å². The average Bonchev–Trinajstić information content (AvgIpc) is 3.47. The predicted octanol–water partition coefficient (Wildman–Crippen LogP) is 5.46. The number of H-pyrrole nitrogens is 1. The van der Waals surface area contributed by atoms with E-state index in [4.69, 9.17) is 18.9 Å². The van der Waals surface area contributed by atoms with Crippen LogP contribution in [0.3, 0.4) is 0 Å². The molecule has 2 fully saturated rings. The van der Waals surface area contributed by atoms with Crippen molar-refractivity contribution in [3.63, 3.8) is 0 Å². The summed E-state index contributed by atoms with van der Waals surface area (Å²) in [5.41, 5.74) is 2.73. The summed E-state index contributed by atoms with van der Waals surface area (Å²) in [6.45, 7) is 7.54. The summed E-state index contributed by atoms with van der Waals surface area (Å²) in [6.07, 6.45) is 3.80. The Bertz CT molecular complexity index is 1420. The second-order valence-corrected chi connectivity index (χ2v) is 9.94. The van der Waals surface area contributed by atoms with E-state index in [-0.39, 0.29) is 5.75 Å². The number of methoxy groups -OCH3 is 1. The van der Waals surface area contributed by atoms with Crippen LogP contribution in [0.1, 0.15) is 18.5 Å². The van der Waals surface area contributed by atoms with Crippen LogP contribution in [0.25, 0.3) is 21.8 Å². The first-order valence-electron chi connectivity index (χ1n) is 12.4. The van der Waals surface area contributed by atoms with E-state index < -0.39 is 5.82 Å². The molecule has 0 saturated carbocycles. The molecule has 36 heavy (non-hydrogen) atoms. The van der Waals surface area contributed by atoms with Crippen LogP contribution in [0.2, 0.25) is 0 Å². The van der Waals surface area contributed by atoms with Gasteiger partial charge in [0.25, 0.3) is 0 Å². The summed E-state index contributed by atoms with van der Waals surface area (Å²) in [5, 5.41) is 1.22. The highest BCUT2D eigenvalue weighted by Crippen LogP contribution is 2.39. The molecule has 0 atom stereocenters. The van der Waals surface area contributed by atoms with E-state index in [1.165, 1.54) is 6.42 Å². The number of rotatable bonds is 8. The van der Waals surface area contributed by atoms with Gasteiger partial charge < -0.3 is 28.8 Å². The Morgan fingerprint density at radius 2 is 1.97 bits per heavy atom. The van der Waals surface area contributed by atoms with Gasteiger partial charge in [0.2, 0.25) is 0 Å². The number of ether oxygens (including phenoxy) is 4. The molecular weight excluding hydrogens is 461 g/mol. The predicted molar refractivity (Wildman–Crippen MR) is 136 cm³/mol. The number of nitrogens with one attached hydrogen (secondary N) is 1. The summed E-state index contributed by atoms with van der Waals surface area (Å²) >= 11 is 0. The van der Waals surface area contributed by atoms with Crippen LogP contribution in [-0.4, -0.2) is 61.4 Å². The van der Waals surface area contributed by atoms with E-state index in [1.807, 2.05) is 25.1 Å². The normalized spacial score (nSPS) is 17.1. The monoisotopic (exact) mass is 491 g/mol. The molecule has 0 amide bonds. The molecule has 2 aromatic heterocycles. The molecular formula is C28H30FN3O4. The quantitative estimate of drug-likeness (QED) is 0.330. The van der Waals surface area contributed by atoms with Crippen LogP contribution in [-0.2, 0) is 4.74 Å². The van der Waals surface area contributed by atoms with Crippen molar-refractivity contribution in [1.29, 1.82) is 0 Å². The fraction of sp³-hybridized carbons (Fsp3) is 0.393. The van der Waals surface area contributed by atoms with Gasteiger partial charge in [0.15, 0.2) is 23.1 Å². The van der Waals surface area contributed by atoms with E-state index in [9.17, 15) is 0 Å². The molecule has 0 aliphatic carbocycles. The van der Waals surface area contributed by atoms with Gasteiger partial charge in [0.05, 0.1) is 32.4 Å². The topological polar surface area (TPSA) is 68.8 Å². The number of aryl methyl sites for hydroxylation is 1. The Balaban J connectivity index is 1.17. The van der Waals surface area contributed by atoms with Gasteiger partial charge in [-0.15, -0.1) is 0 Å². The van der Waals surface area contributed by atoms with Gasteiger partial charge in [-0.05, 0) is 56.6 Å². The van der Waals surface area contributed by atoms with E-state index in [0.29, 0.717) is 40.2 Å². The molecule has 2 aliphatic heterocycles. The summed E-state index contributed by atoms with van der Waals surface area (Å²) in [6, 6.07) is 10.6. The van der Waals surface area contributed by atoms with Gasteiger partial charge >= 0.3 is 0 Å². The molecule has 8 heteroatoms. The van der Waals surface area contributed by atoms with Gasteiger partial charge in [-0.25, -0.2) is 4.39 Å². The van der Waals surface area contributed by atoms with Crippen molar-refractivity contribution < 1.29 is 23.3 Å².